The third-order valence-corrected chi connectivity index (χ3v) is 11.7. The standard InChI is InChI=1S/C48H43FN10/c1-32-24-39(28-50-26-32)47-54-52-43-30-56(20-22-58(43)47)45(36-8-4-3-5-9-36)37-16-12-34(13-17-37)35-14-18-38(19-15-35)46(41-10-6-7-11-42(41)49)57-21-23-59-44(31-57)53-55-48(59)40-25-33(2)27-51-29-40/h3-19,24-29,45-46H,20-23,30-31H2,1-2H3. The number of pyridine rings is 2. The molecule has 2 unspecified atom stereocenters. The zero-order chi connectivity index (χ0) is 39.9. The van der Waals surface area contributed by atoms with Gasteiger partial charge in [-0.2, -0.15) is 0 Å². The Morgan fingerprint density at radius 3 is 1.47 bits per heavy atom. The predicted octanol–water partition coefficient (Wildman–Crippen LogP) is 8.63. The number of fused-ring (bicyclic) bond motifs is 2. The van der Waals surface area contributed by atoms with Crippen molar-refractivity contribution in [2.45, 2.75) is 52.1 Å². The molecule has 0 N–H and O–H groups in total. The molecular weight excluding hydrogens is 736 g/mol. The van der Waals surface area contributed by atoms with Crippen molar-refractivity contribution < 1.29 is 4.39 Å². The van der Waals surface area contributed by atoms with Crippen LogP contribution in [0.1, 0.15) is 57.1 Å². The van der Waals surface area contributed by atoms with E-state index in [9.17, 15) is 0 Å². The van der Waals surface area contributed by atoms with Crippen LogP contribution in [0.3, 0.4) is 0 Å². The van der Waals surface area contributed by atoms with E-state index in [0.29, 0.717) is 31.7 Å². The number of halogens is 1. The Morgan fingerprint density at radius 2 is 0.949 bits per heavy atom. The third-order valence-electron chi connectivity index (χ3n) is 11.7. The maximum atomic E-state index is 15.6. The van der Waals surface area contributed by atoms with Crippen LogP contribution in [0, 0.1) is 19.7 Å². The molecule has 0 bridgehead atoms. The lowest BCUT2D eigenvalue weighted by Crippen LogP contribution is -2.37. The molecule has 0 spiro atoms. The molecule has 10 nitrogen and oxygen atoms in total. The summed E-state index contributed by atoms with van der Waals surface area (Å²) in [6, 6.07) is 39.2. The fraction of sp³-hybridized carbons (Fsp3) is 0.208. The van der Waals surface area contributed by atoms with E-state index < -0.39 is 0 Å². The van der Waals surface area contributed by atoms with E-state index in [1.54, 1.807) is 12.1 Å². The summed E-state index contributed by atoms with van der Waals surface area (Å²) in [7, 11) is 0. The molecule has 0 saturated carbocycles. The zero-order valence-corrected chi connectivity index (χ0v) is 33.0. The molecule has 2 aliphatic rings. The molecule has 0 saturated heterocycles. The second-order valence-electron chi connectivity index (χ2n) is 15.6. The van der Waals surface area contributed by atoms with Gasteiger partial charge in [0.05, 0.1) is 25.2 Å². The van der Waals surface area contributed by atoms with Gasteiger partial charge in [-0.1, -0.05) is 97.1 Å². The topological polar surface area (TPSA) is 93.7 Å². The highest BCUT2D eigenvalue weighted by molar-refractivity contribution is 5.65. The predicted molar refractivity (Wildman–Crippen MR) is 225 cm³/mol. The number of hydrogen-bond donors (Lipinski definition) is 0. The first-order chi connectivity index (χ1) is 29.0. The monoisotopic (exact) mass is 778 g/mol. The van der Waals surface area contributed by atoms with Crippen LogP contribution in [-0.4, -0.2) is 62.4 Å². The van der Waals surface area contributed by atoms with E-state index in [4.69, 9.17) is 0 Å². The molecule has 0 amide bonds. The van der Waals surface area contributed by atoms with Gasteiger partial charge in [0, 0.05) is 67.7 Å². The second kappa shape index (κ2) is 15.6. The highest BCUT2D eigenvalue weighted by atomic mass is 19.1. The Balaban J connectivity index is 0.911. The van der Waals surface area contributed by atoms with Gasteiger partial charge in [-0.3, -0.25) is 19.8 Å². The average Bonchev–Trinajstić information content (AvgIpc) is 3.90. The van der Waals surface area contributed by atoms with E-state index in [1.165, 1.54) is 11.1 Å². The summed E-state index contributed by atoms with van der Waals surface area (Å²) < 4.78 is 20.0. The smallest absolute Gasteiger partial charge is 0.165 e. The Labute approximate surface area is 342 Å². The quantitative estimate of drug-likeness (QED) is 0.144. The highest BCUT2D eigenvalue weighted by Crippen LogP contribution is 2.37. The lowest BCUT2D eigenvalue weighted by atomic mass is 9.92. The Morgan fingerprint density at radius 1 is 0.475 bits per heavy atom. The van der Waals surface area contributed by atoms with Crippen molar-refractivity contribution in [1.82, 2.24) is 49.3 Å². The zero-order valence-electron chi connectivity index (χ0n) is 33.0. The summed E-state index contributed by atoms with van der Waals surface area (Å²) in [6.07, 6.45) is 7.39. The Bertz CT molecular complexity index is 2740. The minimum Gasteiger partial charge on any atom is -0.309 e. The largest absolute Gasteiger partial charge is 0.309 e. The van der Waals surface area contributed by atoms with Gasteiger partial charge in [0.1, 0.15) is 17.5 Å². The summed E-state index contributed by atoms with van der Waals surface area (Å²) in [4.78, 5) is 13.6. The van der Waals surface area contributed by atoms with E-state index in [2.05, 4.69) is 140 Å². The van der Waals surface area contributed by atoms with Gasteiger partial charge in [0.2, 0.25) is 0 Å². The minimum atomic E-state index is -0.298. The summed E-state index contributed by atoms with van der Waals surface area (Å²) in [5.41, 5.74) is 10.5. The van der Waals surface area contributed by atoms with Gasteiger partial charge in [0.15, 0.2) is 11.6 Å². The fourth-order valence-corrected chi connectivity index (χ4v) is 8.82. The number of rotatable bonds is 9. The number of hydrogen-bond acceptors (Lipinski definition) is 8. The lowest BCUT2D eigenvalue weighted by molar-refractivity contribution is 0.173. The molecule has 292 valence electrons. The molecule has 2 aliphatic heterocycles. The first-order valence-electron chi connectivity index (χ1n) is 20.1. The molecule has 4 aromatic carbocycles. The van der Waals surface area contributed by atoms with Crippen LogP contribution < -0.4 is 0 Å². The molecule has 6 heterocycles. The molecule has 2 atom stereocenters. The van der Waals surface area contributed by atoms with E-state index in [0.717, 1.165) is 75.3 Å². The Hall–Kier alpha value is -6.69. The number of aryl methyl sites for hydroxylation is 2. The first kappa shape index (κ1) is 36.6. The van der Waals surface area contributed by atoms with Gasteiger partial charge >= 0.3 is 0 Å². The van der Waals surface area contributed by atoms with Crippen molar-refractivity contribution in [3.63, 3.8) is 0 Å². The summed E-state index contributed by atoms with van der Waals surface area (Å²) in [5, 5.41) is 18.4. The van der Waals surface area contributed by atoms with Crippen LogP contribution in [0.4, 0.5) is 4.39 Å². The van der Waals surface area contributed by atoms with Gasteiger partial charge in [-0.25, -0.2) is 4.39 Å². The average molecular weight is 779 g/mol. The third kappa shape index (κ3) is 7.13. The first-order valence-corrected chi connectivity index (χ1v) is 20.1. The number of aromatic nitrogens is 8. The maximum Gasteiger partial charge on any atom is 0.165 e. The number of nitrogens with zero attached hydrogens (tertiary/aromatic N) is 10. The van der Waals surface area contributed by atoms with Gasteiger partial charge in [-0.15, -0.1) is 20.4 Å². The number of benzene rings is 4. The van der Waals surface area contributed by atoms with Crippen molar-refractivity contribution in [2.24, 2.45) is 0 Å². The molecule has 59 heavy (non-hydrogen) atoms. The van der Waals surface area contributed by atoms with E-state index >= 15 is 4.39 Å². The van der Waals surface area contributed by atoms with Crippen LogP contribution in [0.2, 0.25) is 0 Å². The SMILES string of the molecule is Cc1cncc(-c2nnc3n2CCN(C(c2ccccc2)c2ccc(-c4ccc(C(c5ccccc5F)N5CCn6c(nnc6-c6cncc(C)c6)C5)cc4)cc2)C3)c1. The van der Waals surface area contributed by atoms with Crippen molar-refractivity contribution in [1.29, 1.82) is 0 Å². The van der Waals surface area contributed by atoms with Crippen molar-refractivity contribution >= 4 is 0 Å². The van der Waals surface area contributed by atoms with Crippen LogP contribution >= 0.6 is 0 Å². The van der Waals surface area contributed by atoms with Crippen molar-refractivity contribution in [3.05, 3.63) is 191 Å². The van der Waals surface area contributed by atoms with E-state index in [-0.39, 0.29) is 17.9 Å². The normalized spacial score (nSPS) is 15.4. The molecule has 4 aromatic heterocycles. The van der Waals surface area contributed by atoms with Crippen LogP contribution in [-0.2, 0) is 26.2 Å². The maximum absolute atomic E-state index is 15.6. The van der Waals surface area contributed by atoms with Crippen LogP contribution in [0.25, 0.3) is 33.9 Å². The van der Waals surface area contributed by atoms with Crippen molar-refractivity contribution in [3.8, 4) is 33.9 Å². The van der Waals surface area contributed by atoms with E-state index in [1.807, 2.05) is 50.8 Å². The molecular formula is C48H43FN10. The lowest BCUT2D eigenvalue weighted by Gasteiger charge is -2.35. The summed E-state index contributed by atoms with van der Waals surface area (Å²) in [5.74, 6) is 3.27. The molecule has 11 heteroatoms. The van der Waals surface area contributed by atoms with Crippen LogP contribution in [0.5, 0.6) is 0 Å². The molecule has 8 aromatic rings. The fourth-order valence-electron chi connectivity index (χ4n) is 8.82. The molecule has 0 fully saturated rings. The Kier molecular flexibility index (Phi) is 9.67. The second-order valence-corrected chi connectivity index (χ2v) is 15.6. The minimum absolute atomic E-state index is 0.0450. The van der Waals surface area contributed by atoms with Crippen molar-refractivity contribution in [2.75, 3.05) is 13.1 Å². The molecule has 0 radical (unpaired) electrons. The molecule has 0 aliphatic carbocycles. The molecule has 10 rings (SSSR count). The highest BCUT2D eigenvalue weighted by Gasteiger charge is 2.32. The van der Waals surface area contributed by atoms with Gasteiger partial charge in [0.25, 0.3) is 0 Å². The summed E-state index contributed by atoms with van der Waals surface area (Å²) >= 11 is 0. The van der Waals surface area contributed by atoms with Gasteiger partial charge in [-0.05, 0) is 71.0 Å². The van der Waals surface area contributed by atoms with Crippen LogP contribution in [0.15, 0.2) is 140 Å². The van der Waals surface area contributed by atoms with Gasteiger partial charge < -0.3 is 9.13 Å². The summed E-state index contributed by atoms with van der Waals surface area (Å²) in [6.45, 7) is 8.33.